The minimum absolute atomic E-state index is 0.225. The van der Waals surface area contributed by atoms with Crippen molar-refractivity contribution in [3.05, 3.63) is 35.1 Å². The first-order valence-electron chi connectivity index (χ1n) is 5.38. The van der Waals surface area contributed by atoms with Crippen LogP contribution in [0.25, 0.3) is 0 Å². The molecule has 0 aromatic heterocycles. The molecule has 0 heterocycles. The number of aryl methyl sites for hydroxylation is 1. The molecule has 0 unspecified atom stereocenters. The van der Waals surface area contributed by atoms with Crippen molar-refractivity contribution >= 4 is 6.03 Å². The maximum atomic E-state index is 13.2. The van der Waals surface area contributed by atoms with E-state index in [0.29, 0.717) is 12.1 Å². The first-order valence-corrected chi connectivity index (χ1v) is 5.38. The molecule has 1 aromatic rings. The lowest BCUT2D eigenvalue weighted by Crippen LogP contribution is -2.44. The van der Waals surface area contributed by atoms with Gasteiger partial charge < -0.3 is 5.32 Å². The van der Waals surface area contributed by atoms with Crippen LogP contribution in [0.15, 0.2) is 18.2 Å². The number of urea groups is 1. The van der Waals surface area contributed by atoms with E-state index in [2.05, 4.69) is 5.32 Å². The Balaban J connectivity index is 2.81. The zero-order valence-corrected chi connectivity index (χ0v) is 10.3. The summed E-state index contributed by atoms with van der Waals surface area (Å²) >= 11 is 0. The van der Waals surface area contributed by atoms with Crippen molar-refractivity contribution < 1.29 is 9.18 Å². The number of hydrogen-bond donors (Lipinski definition) is 3. The summed E-state index contributed by atoms with van der Waals surface area (Å²) in [4.78, 5) is 11.0. The van der Waals surface area contributed by atoms with Crippen LogP contribution in [-0.4, -0.2) is 12.6 Å². The largest absolute Gasteiger partial charge is 0.336 e. The Morgan fingerprint density at radius 2 is 2.12 bits per heavy atom. The Labute approximate surface area is 100 Å². The zero-order valence-electron chi connectivity index (χ0n) is 10.3. The van der Waals surface area contributed by atoms with E-state index in [9.17, 15) is 9.18 Å². The van der Waals surface area contributed by atoms with Crippen LogP contribution in [0, 0.1) is 12.7 Å². The Bertz CT molecular complexity index is 418. The summed E-state index contributed by atoms with van der Waals surface area (Å²) in [6, 6.07) is 4.52. The summed E-state index contributed by atoms with van der Waals surface area (Å²) in [5, 5.41) is 2.64. The fourth-order valence-electron chi connectivity index (χ4n) is 1.52. The van der Waals surface area contributed by atoms with Gasteiger partial charge in [-0.2, -0.15) is 0 Å². The number of amides is 2. The molecule has 0 radical (unpaired) electrons. The molecule has 0 spiro atoms. The number of carbonyl (C=O) groups is 1. The third-order valence-electron chi connectivity index (χ3n) is 2.76. The normalized spacial score (nSPS) is 11.1. The highest BCUT2D eigenvalue weighted by molar-refractivity contribution is 5.73. The van der Waals surface area contributed by atoms with Crippen molar-refractivity contribution in [1.29, 1.82) is 0 Å². The third kappa shape index (κ3) is 3.42. The van der Waals surface area contributed by atoms with Crippen molar-refractivity contribution in [1.82, 2.24) is 10.7 Å². The van der Waals surface area contributed by atoms with Crippen molar-refractivity contribution in [3.8, 4) is 0 Å². The number of benzene rings is 1. The van der Waals surface area contributed by atoms with Gasteiger partial charge in [-0.25, -0.2) is 15.0 Å². The Hall–Kier alpha value is -1.62. The summed E-state index contributed by atoms with van der Waals surface area (Å²) in [5.41, 5.74) is 3.28. The summed E-state index contributed by atoms with van der Waals surface area (Å²) < 4.78 is 13.2. The number of carbonyl (C=O) groups excluding carboxylic acids is 1. The maximum Gasteiger partial charge on any atom is 0.328 e. The van der Waals surface area contributed by atoms with E-state index in [-0.39, 0.29) is 11.2 Å². The zero-order chi connectivity index (χ0) is 13.1. The second-order valence-electron chi connectivity index (χ2n) is 4.67. The summed E-state index contributed by atoms with van der Waals surface area (Å²) in [7, 11) is 0. The van der Waals surface area contributed by atoms with E-state index >= 15 is 0 Å². The van der Waals surface area contributed by atoms with Gasteiger partial charge in [-0.05, 0) is 24.1 Å². The fraction of sp³-hybridized carbons (Fsp3) is 0.417. The van der Waals surface area contributed by atoms with Crippen LogP contribution in [-0.2, 0) is 5.41 Å². The van der Waals surface area contributed by atoms with E-state index in [4.69, 9.17) is 5.84 Å². The van der Waals surface area contributed by atoms with Crippen LogP contribution in [0.2, 0.25) is 0 Å². The molecule has 1 rings (SSSR count). The summed E-state index contributed by atoms with van der Waals surface area (Å²) in [6.07, 6.45) is 0. The molecule has 0 aliphatic rings. The van der Waals surface area contributed by atoms with Crippen LogP contribution in [0.1, 0.15) is 25.0 Å². The number of hydrogen-bond acceptors (Lipinski definition) is 2. The average Bonchev–Trinajstić information content (AvgIpc) is 2.29. The van der Waals surface area contributed by atoms with E-state index in [0.717, 1.165) is 5.56 Å². The van der Waals surface area contributed by atoms with Crippen LogP contribution < -0.4 is 16.6 Å². The quantitative estimate of drug-likeness (QED) is 0.426. The standard InChI is InChI=1S/C12H18FN3O/c1-8-6-9(4-5-10(8)13)12(2,3)7-15-11(17)16-14/h4-6H,7,14H2,1-3H3,(H2,15,16,17). The minimum Gasteiger partial charge on any atom is -0.336 e. The second kappa shape index (κ2) is 5.14. The first-order chi connectivity index (χ1) is 7.86. The third-order valence-corrected chi connectivity index (χ3v) is 2.76. The molecule has 0 saturated carbocycles. The summed E-state index contributed by atoms with van der Waals surface area (Å²) in [5.74, 6) is 4.75. The topological polar surface area (TPSA) is 67.2 Å². The average molecular weight is 239 g/mol. The smallest absolute Gasteiger partial charge is 0.328 e. The number of nitrogens with one attached hydrogen (secondary N) is 2. The highest BCUT2D eigenvalue weighted by atomic mass is 19.1. The van der Waals surface area contributed by atoms with E-state index in [1.165, 1.54) is 6.07 Å². The predicted octanol–water partition coefficient (Wildman–Crippen LogP) is 1.58. The monoisotopic (exact) mass is 239 g/mol. The van der Waals surface area contributed by atoms with Gasteiger partial charge in [0.15, 0.2) is 0 Å². The van der Waals surface area contributed by atoms with Crippen molar-refractivity contribution in [2.24, 2.45) is 5.84 Å². The fourth-order valence-corrected chi connectivity index (χ4v) is 1.52. The highest BCUT2D eigenvalue weighted by Crippen LogP contribution is 2.24. The SMILES string of the molecule is Cc1cc(C(C)(C)CNC(=O)NN)ccc1F. The van der Waals surface area contributed by atoms with Gasteiger partial charge in [0.2, 0.25) is 0 Å². The van der Waals surface area contributed by atoms with Gasteiger partial charge in [0.25, 0.3) is 0 Å². The van der Waals surface area contributed by atoms with E-state index in [1.54, 1.807) is 19.1 Å². The Morgan fingerprint density at radius 1 is 1.47 bits per heavy atom. The number of hydrazine groups is 1. The number of nitrogens with two attached hydrogens (primary N) is 1. The van der Waals surface area contributed by atoms with Crippen LogP contribution in [0.5, 0.6) is 0 Å². The molecule has 0 aliphatic heterocycles. The molecule has 17 heavy (non-hydrogen) atoms. The molecule has 0 fully saturated rings. The lowest BCUT2D eigenvalue weighted by Gasteiger charge is -2.26. The second-order valence-corrected chi connectivity index (χ2v) is 4.67. The van der Waals surface area contributed by atoms with Gasteiger partial charge in [-0.3, -0.25) is 5.43 Å². The molecular weight excluding hydrogens is 221 g/mol. The van der Waals surface area contributed by atoms with E-state index in [1.807, 2.05) is 19.3 Å². The van der Waals surface area contributed by atoms with Gasteiger partial charge in [0, 0.05) is 12.0 Å². The number of rotatable bonds is 3. The van der Waals surface area contributed by atoms with Gasteiger partial charge >= 0.3 is 6.03 Å². The molecular formula is C12H18FN3O. The van der Waals surface area contributed by atoms with Crippen LogP contribution in [0.3, 0.4) is 0 Å². The van der Waals surface area contributed by atoms with Crippen molar-refractivity contribution in [2.75, 3.05) is 6.54 Å². The van der Waals surface area contributed by atoms with Gasteiger partial charge in [-0.1, -0.05) is 26.0 Å². The van der Waals surface area contributed by atoms with Gasteiger partial charge in [0.05, 0.1) is 0 Å². The van der Waals surface area contributed by atoms with Crippen LogP contribution >= 0.6 is 0 Å². The van der Waals surface area contributed by atoms with Gasteiger partial charge in [0.1, 0.15) is 5.82 Å². The molecule has 94 valence electrons. The molecule has 0 aliphatic carbocycles. The first kappa shape index (κ1) is 13.4. The van der Waals surface area contributed by atoms with Crippen LogP contribution in [0.4, 0.5) is 9.18 Å². The minimum atomic E-state index is -0.433. The predicted molar refractivity (Wildman–Crippen MR) is 64.9 cm³/mol. The Kier molecular flexibility index (Phi) is 4.07. The number of halogens is 1. The Morgan fingerprint density at radius 3 is 2.65 bits per heavy atom. The van der Waals surface area contributed by atoms with Crippen molar-refractivity contribution in [3.63, 3.8) is 0 Å². The molecule has 0 saturated heterocycles. The molecule has 1 aromatic carbocycles. The highest BCUT2D eigenvalue weighted by Gasteiger charge is 2.21. The molecule has 5 heteroatoms. The van der Waals surface area contributed by atoms with Gasteiger partial charge in [-0.15, -0.1) is 0 Å². The molecule has 2 amide bonds. The van der Waals surface area contributed by atoms with E-state index < -0.39 is 6.03 Å². The molecule has 4 N–H and O–H groups in total. The lowest BCUT2D eigenvalue weighted by molar-refractivity contribution is 0.238. The molecule has 0 bridgehead atoms. The molecule has 0 atom stereocenters. The lowest BCUT2D eigenvalue weighted by atomic mass is 9.84. The summed E-state index contributed by atoms with van der Waals surface area (Å²) in [6.45, 7) is 6.07. The maximum absolute atomic E-state index is 13.2. The van der Waals surface area contributed by atoms with Crippen molar-refractivity contribution in [2.45, 2.75) is 26.2 Å². The molecule has 4 nitrogen and oxygen atoms in total.